The first-order chi connectivity index (χ1) is 6.66. The maximum atomic E-state index is 11.7. The van der Waals surface area contributed by atoms with Crippen molar-refractivity contribution in [2.45, 2.75) is 6.10 Å². The molecule has 1 atom stereocenters. The van der Waals surface area contributed by atoms with Crippen LogP contribution in [-0.4, -0.2) is 35.3 Å². The van der Waals surface area contributed by atoms with E-state index in [1.165, 1.54) is 16.4 Å². The number of rotatable bonds is 1. The number of aliphatic hydroxyl groups excluding tert-OH is 1. The molecule has 0 aromatic carbocycles. The highest BCUT2D eigenvalue weighted by atomic mass is 79.9. The standard InChI is InChI=1S/C8H8BrNO3S/c9-7-2-1-6(14-7)8(12)10-3-5(11)4-13-10/h1-2,5,11H,3-4H2. The Kier molecular flexibility index (Phi) is 2.87. The summed E-state index contributed by atoms with van der Waals surface area (Å²) in [6, 6.07) is 3.54. The minimum Gasteiger partial charge on any atom is -0.389 e. The lowest BCUT2D eigenvalue weighted by molar-refractivity contribution is -0.0776. The number of halogens is 1. The first-order valence-electron chi connectivity index (χ1n) is 4.05. The van der Waals surface area contributed by atoms with E-state index in [2.05, 4.69) is 15.9 Å². The number of aliphatic hydroxyl groups is 1. The molecular formula is C8H8BrNO3S. The molecule has 76 valence electrons. The second-order valence-electron chi connectivity index (χ2n) is 2.92. The van der Waals surface area contributed by atoms with Crippen molar-refractivity contribution < 1.29 is 14.7 Å². The number of nitrogens with zero attached hydrogens (tertiary/aromatic N) is 1. The van der Waals surface area contributed by atoms with Crippen LogP contribution in [0.4, 0.5) is 0 Å². The van der Waals surface area contributed by atoms with Gasteiger partial charge in [-0.3, -0.25) is 9.63 Å². The predicted molar refractivity (Wildman–Crippen MR) is 55.0 cm³/mol. The number of hydrogen-bond acceptors (Lipinski definition) is 4. The Morgan fingerprint density at radius 2 is 2.50 bits per heavy atom. The third-order valence-corrected chi connectivity index (χ3v) is 3.42. The van der Waals surface area contributed by atoms with E-state index in [1.54, 1.807) is 6.07 Å². The third-order valence-electron chi connectivity index (χ3n) is 1.81. The smallest absolute Gasteiger partial charge is 0.287 e. The molecule has 0 radical (unpaired) electrons. The zero-order valence-electron chi connectivity index (χ0n) is 7.14. The van der Waals surface area contributed by atoms with Crippen molar-refractivity contribution in [1.29, 1.82) is 0 Å². The predicted octanol–water partition coefficient (Wildman–Crippen LogP) is 1.26. The maximum Gasteiger partial charge on any atom is 0.287 e. The normalized spacial score (nSPS) is 21.6. The molecule has 4 nitrogen and oxygen atoms in total. The quantitative estimate of drug-likeness (QED) is 0.841. The van der Waals surface area contributed by atoms with E-state index in [0.717, 1.165) is 3.79 Å². The van der Waals surface area contributed by atoms with Crippen LogP contribution in [0.3, 0.4) is 0 Å². The van der Waals surface area contributed by atoms with E-state index < -0.39 is 6.10 Å². The van der Waals surface area contributed by atoms with E-state index in [0.29, 0.717) is 4.88 Å². The summed E-state index contributed by atoms with van der Waals surface area (Å²) in [7, 11) is 0. The molecule has 0 bridgehead atoms. The van der Waals surface area contributed by atoms with Crippen LogP contribution in [0.25, 0.3) is 0 Å². The second-order valence-corrected chi connectivity index (χ2v) is 5.38. The van der Waals surface area contributed by atoms with Gasteiger partial charge in [0, 0.05) is 0 Å². The molecule has 2 rings (SSSR count). The first-order valence-corrected chi connectivity index (χ1v) is 5.66. The minimum atomic E-state index is -0.567. The molecule has 1 fully saturated rings. The summed E-state index contributed by atoms with van der Waals surface area (Å²) in [5.74, 6) is -0.197. The highest BCUT2D eigenvalue weighted by Gasteiger charge is 2.27. The molecule has 1 aliphatic rings. The number of hydroxylamine groups is 2. The number of β-amino-alcohol motifs (C(OH)–C–C–N with tert-alkyl or cyclic N) is 1. The zero-order valence-corrected chi connectivity index (χ0v) is 9.55. The molecule has 1 saturated heterocycles. The number of carbonyl (C=O) groups excluding carboxylic acids is 1. The van der Waals surface area contributed by atoms with Gasteiger partial charge in [0.1, 0.15) is 12.7 Å². The number of amides is 1. The molecule has 1 aromatic rings. The SMILES string of the molecule is O=C(c1ccc(Br)s1)N1CC(O)CO1. The highest BCUT2D eigenvalue weighted by Crippen LogP contribution is 2.24. The van der Waals surface area contributed by atoms with Crippen LogP contribution in [0.1, 0.15) is 9.67 Å². The summed E-state index contributed by atoms with van der Waals surface area (Å²) in [6.07, 6.45) is -0.567. The monoisotopic (exact) mass is 277 g/mol. The molecule has 1 N–H and O–H groups in total. The Balaban J connectivity index is 2.09. The number of carbonyl (C=O) groups is 1. The Morgan fingerprint density at radius 3 is 3.00 bits per heavy atom. The average Bonchev–Trinajstić information content (AvgIpc) is 2.73. The van der Waals surface area contributed by atoms with E-state index in [9.17, 15) is 9.90 Å². The van der Waals surface area contributed by atoms with Crippen molar-refractivity contribution in [2.75, 3.05) is 13.2 Å². The van der Waals surface area contributed by atoms with Gasteiger partial charge < -0.3 is 5.11 Å². The molecular weight excluding hydrogens is 270 g/mol. The summed E-state index contributed by atoms with van der Waals surface area (Å²) in [5.41, 5.74) is 0. The Bertz CT molecular complexity index is 354. The lowest BCUT2D eigenvalue weighted by Gasteiger charge is -2.11. The van der Waals surface area contributed by atoms with Crippen LogP contribution in [0, 0.1) is 0 Å². The molecule has 1 aromatic heterocycles. The Hall–Kier alpha value is -0.430. The largest absolute Gasteiger partial charge is 0.389 e. The fourth-order valence-electron chi connectivity index (χ4n) is 1.17. The first kappa shape index (κ1) is 10.1. The van der Waals surface area contributed by atoms with Crippen molar-refractivity contribution >= 4 is 33.2 Å². The van der Waals surface area contributed by atoms with Gasteiger partial charge in [-0.1, -0.05) is 0 Å². The van der Waals surface area contributed by atoms with E-state index in [-0.39, 0.29) is 19.1 Å². The van der Waals surface area contributed by atoms with E-state index in [1.807, 2.05) is 6.07 Å². The van der Waals surface area contributed by atoms with Crippen LogP contribution in [0.15, 0.2) is 15.9 Å². The highest BCUT2D eigenvalue weighted by molar-refractivity contribution is 9.11. The fraction of sp³-hybridized carbons (Fsp3) is 0.375. The molecule has 6 heteroatoms. The van der Waals surface area contributed by atoms with Crippen molar-refractivity contribution in [3.63, 3.8) is 0 Å². The van der Waals surface area contributed by atoms with Crippen LogP contribution in [-0.2, 0) is 4.84 Å². The zero-order chi connectivity index (χ0) is 10.1. The summed E-state index contributed by atoms with van der Waals surface area (Å²) in [5, 5.41) is 10.4. The second kappa shape index (κ2) is 3.98. The van der Waals surface area contributed by atoms with Crippen LogP contribution in [0.2, 0.25) is 0 Å². The van der Waals surface area contributed by atoms with Crippen molar-refractivity contribution in [1.82, 2.24) is 5.06 Å². The van der Waals surface area contributed by atoms with Gasteiger partial charge in [0.05, 0.1) is 15.2 Å². The van der Waals surface area contributed by atoms with E-state index >= 15 is 0 Å². The molecule has 2 heterocycles. The Labute approximate surface area is 93.2 Å². The summed E-state index contributed by atoms with van der Waals surface area (Å²) < 4.78 is 0.903. The van der Waals surface area contributed by atoms with Gasteiger partial charge in [-0.25, -0.2) is 5.06 Å². The minimum absolute atomic E-state index is 0.193. The molecule has 0 saturated carbocycles. The van der Waals surface area contributed by atoms with Crippen LogP contribution in [0.5, 0.6) is 0 Å². The Morgan fingerprint density at radius 1 is 1.71 bits per heavy atom. The molecule has 0 aliphatic carbocycles. The number of thiophene rings is 1. The van der Waals surface area contributed by atoms with Gasteiger partial charge in [0.2, 0.25) is 0 Å². The molecule has 1 unspecified atom stereocenters. The lowest BCUT2D eigenvalue weighted by atomic mass is 10.4. The van der Waals surface area contributed by atoms with E-state index in [4.69, 9.17) is 4.84 Å². The molecule has 0 spiro atoms. The van der Waals surface area contributed by atoms with Gasteiger partial charge in [0.15, 0.2) is 0 Å². The van der Waals surface area contributed by atoms with Crippen molar-refractivity contribution in [3.8, 4) is 0 Å². The maximum absolute atomic E-state index is 11.7. The average molecular weight is 278 g/mol. The lowest BCUT2D eigenvalue weighted by Crippen LogP contribution is -2.27. The molecule has 1 aliphatic heterocycles. The third kappa shape index (κ3) is 1.98. The van der Waals surface area contributed by atoms with Crippen LogP contribution >= 0.6 is 27.3 Å². The summed E-state index contributed by atoms with van der Waals surface area (Å²) >= 11 is 4.63. The van der Waals surface area contributed by atoms with Gasteiger partial charge in [-0.05, 0) is 28.1 Å². The topological polar surface area (TPSA) is 49.8 Å². The summed E-state index contributed by atoms with van der Waals surface area (Å²) in [4.78, 5) is 17.3. The fourth-order valence-corrected chi connectivity index (χ4v) is 2.49. The van der Waals surface area contributed by atoms with Crippen LogP contribution < -0.4 is 0 Å². The van der Waals surface area contributed by atoms with Gasteiger partial charge in [-0.15, -0.1) is 11.3 Å². The molecule has 14 heavy (non-hydrogen) atoms. The number of hydrogen-bond donors (Lipinski definition) is 1. The van der Waals surface area contributed by atoms with Gasteiger partial charge in [-0.2, -0.15) is 0 Å². The van der Waals surface area contributed by atoms with Gasteiger partial charge >= 0.3 is 0 Å². The summed E-state index contributed by atoms with van der Waals surface area (Å²) in [6.45, 7) is 0.437. The van der Waals surface area contributed by atoms with Crippen molar-refractivity contribution in [2.24, 2.45) is 0 Å². The van der Waals surface area contributed by atoms with Gasteiger partial charge in [0.25, 0.3) is 5.91 Å². The van der Waals surface area contributed by atoms with Crippen molar-refractivity contribution in [3.05, 3.63) is 20.8 Å². The molecule has 1 amide bonds.